The Labute approximate surface area is 133 Å². The van der Waals surface area contributed by atoms with Gasteiger partial charge in [0.1, 0.15) is 5.37 Å². The minimum absolute atomic E-state index is 0.0116. The smallest absolute Gasteiger partial charge is 0.236 e. The molecule has 2 heterocycles. The van der Waals surface area contributed by atoms with Gasteiger partial charge in [-0.3, -0.25) is 10.1 Å². The Morgan fingerprint density at radius 3 is 2.86 bits per heavy atom. The number of hydrogen-bond acceptors (Lipinski definition) is 5. The SMILES string of the molecule is CC1=C(c2ccccc2)SC2N=C(NCCCO)NC(=O)C12. The Morgan fingerprint density at radius 2 is 2.14 bits per heavy atom. The Kier molecular flexibility index (Phi) is 4.49. The summed E-state index contributed by atoms with van der Waals surface area (Å²) in [6.07, 6.45) is 0.628. The zero-order chi connectivity index (χ0) is 15.5. The highest BCUT2D eigenvalue weighted by Gasteiger charge is 2.41. The molecule has 2 atom stereocenters. The van der Waals surface area contributed by atoms with Gasteiger partial charge in [0.25, 0.3) is 0 Å². The topological polar surface area (TPSA) is 73.7 Å². The van der Waals surface area contributed by atoms with E-state index in [-0.39, 0.29) is 23.8 Å². The fourth-order valence-electron chi connectivity index (χ4n) is 2.68. The average Bonchev–Trinajstić information content (AvgIpc) is 2.86. The number of guanidine groups is 1. The van der Waals surface area contributed by atoms with E-state index in [9.17, 15) is 4.79 Å². The van der Waals surface area contributed by atoms with Crippen LogP contribution in [0.5, 0.6) is 0 Å². The fourth-order valence-corrected chi connectivity index (χ4v) is 4.13. The van der Waals surface area contributed by atoms with Crippen molar-refractivity contribution in [1.82, 2.24) is 10.6 Å². The van der Waals surface area contributed by atoms with Crippen LogP contribution in [0.25, 0.3) is 4.91 Å². The molecule has 0 saturated carbocycles. The number of rotatable bonds is 4. The standard InChI is InChI=1S/C16H19N3O2S/c1-10-12-14(21)18-16(17-8-5-9-20)19-15(12)22-13(10)11-6-3-2-4-7-11/h2-4,6-7,12,15,20H,5,8-9H2,1H3,(H2,17,18,19,21). The molecule has 5 nitrogen and oxygen atoms in total. The van der Waals surface area contributed by atoms with E-state index in [0.717, 1.165) is 16.0 Å². The highest BCUT2D eigenvalue weighted by Crippen LogP contribution is 2.48. The van der Waals surface area contributed by atoms with Gasteiger partial charge in [-0.25, -0.2) is 4.99 Å². The van der Waals surface area contributed by atoms with Gasteiger partial charge in [-0.15, -0.1) is 0 Å². The first-order chi connectivity index (χ1) is 10.7. The highest BCUT2D eigenvalue weighted by molar-refractivity contribution is 8.09. The van der Waals surface area contributed by atoms with Crippen LogP contribution in [0, 0.1) is 5.92 Å². The maximum Gasteiger partial charge on any atom is 0.236 e. The molecule has 0 saturated heterocycles. The number of aliphatic imine (C=N–C) groups is 1. The predicted molar refractivity (Wildman–Crippen MR) is 89.2 cm³/mol. The van der Waals surface area contributed by atoms with Crippen LogP contribution in [0.4, 0.5) is 0 Å². The summed E-state index contributed by atoms with van der Waals surface area (Å²) >= 11 is 1.64. The summed E-state index contributed by atoms with van der Waals surface area (Å²) < 4.78 is 0. The number of thioether (sulfide) groups is 1. The summed E-state index contributed by atoms with van der Waals surface area (Å²) in [5.41, 5.74) is 2.22. The maximum atomic E-state index is 12.4. The number of aliphatic hydroxyl groups excluding tert-OH is 1. The van der Waals surface area contributed by atoms with E-state index in [1.165, 1.54) is 0 Å². The molecular formula is C16H19N3O2S. The molecule has 0 bridgehead atoms. The lowest BCUT2D eigenvalue weighted by molar-refractivity contribution is -0.122. The normalized spacial score (nSPS) is 23.9. The van der Waals surface area contributed by atoms with Crippen LogP contribution in [0.15, 0.2) is 40.9 Å². The number of nitrogens with zero attached hydrogens (tertiary/aromatic N) is 1. The van der Waals surface area contributed by atoms with Crippen molar-refractivity contribution < 1.29 is 9.90 Å². The second-order valence-corrected chi connectivity index (χ2v) is 6.46. The number of carbonyl (C=O) groups is 1. The first-order valence-corrected chi connectivity index (χ1v) is 8.25. The van der Waals surface area contributed by atoms with Gasteiger partial charge in [0.15, 0.2) is 5.96 Å². The van der Waals surface area contributed by atoms with Crippen molar-refractivity contribution in [3.63, 3.8) is 0 Å². The van der Waals surface area contributed by atoms with E-state index in [0.29, 0.717) is 18.9 Å². The van der Waals surface area contributed by atoms with Crippen molar-refractivity contribution >= 4 is 28.5 Å². The summed E-state index contributed by atoms with van der Waals surface area (Å²) in [6.45, 7) is 2.72. The number of aliphatic hydroxyl groups is 1. The fraction of sp³-hybridized carbons (Fsp3) is 0.375. The van der Waals surface area contributed by atoms with Crippen LogP contribution in [0.1, 0.15) is 18.9 Å². The monoisotopic (exact) mass is 317 g/mol. The minimum atomic E-state index is -0.205. The van der Waals surface area contributed by atoms with Crippen molar-refractivity contribution in [1.29, 1.82) is 0 Å². The van der Waals surface area contributed by atoms with Crippen molar-refractivity contribution in [2.24, 2.45) is 10.9 Å². The van der Waals surface area contributed by atoms with Gasteiger partial charge in [-0.1, -0.05) is 42.1 Å². The minimum Gasteiger partial charge on any atom is -0.396 e. The third kappa shape index (κ3) is 2.89. The number of hydrogen-bond donors (Lipinski definition) is 3. The molecule has 2 unspecified atom stereocenters. The van der Waals surface area contributed by atoms with Crippen LogP contribution < -0.4 is 10.6 Å². The van der Waals surface area contributed by atoms with E-state index >= 15 is 0 Å². The first kappa shape index (κ1) is 15.1. The molecule has 0 fully saturated rings. The Balaban J connectivity index is 1.80. The number of carbonyl (C=O) groups excluding carboxylic acids is 1. The summed E-state index contributed by atoms with van der Waals surface area (Å²) in [5.74, 6) is 0.292. The van der Waals surface area contributed by atoms with Crippen molar-refractivity contribution in [2.75, 3.05) is 13.2 Å². The molecule has 2 aliphatic rings. The number of benzene rings is 1. The lowest BCUT2D eigenvalue weighted by Gasteiger charge is -2.24. The third-order valence-corrected chi connectivity index (χ3v) is 5.20. The van der Waals surface area contributed by atoms with Gasteiger partial charge in [-0.2, -0.15) is 0 Å². The lowest BCUT2D eigenvalue weighted by Crippen LogP contribution is -2.50. The number of nitrogens with one attached hydrogen (secondary N) is 2. The van der Waals surface area contributed by atoms with Gasteiger partial charge in [0.05, 0.1) is 5.92 Å². The molecule has 3 N–H and O–H groups in total. The first-order valence-electron chi connectivity index (χ1n) is 7.37. The van der Waals surface area contributed by atoms with Crippen molar-refractivity contribution in [2.45, 2.75) is 18.7 Å². The van der Waals surface area contributed by atoms with E-state index in [2.05, 4.69) is 27.8 Å². The summed E-state index contributed by atoms with van der Waals surface area (Å²) in [6, 6.07) is 10.1. The van der Waals surface area contributed by atoms with Crippen LogP contribution in [-0.4, -0.2) is 35.5 Å². The summed E-state index contributed by atoms with van der Waals surface area (Å²) in [7, 11) is 0. The van der Waals surface area contributed by atoms with Crippen LogP contribution in [0.3, 0.4) is 0 Å². The zero-order valence-corrected chi connectivity index (χ0v) is 13.2. The second kappa shape index (κ2) is 6.54. The van der Waals surface area contributed by atoms with Gasteiger partial charge in [-0.05, 0) is 24.5 Å². The summed E-state index contributed by atoms with van der Waals surface area (Å²) in [4.78, 5) is 18.1. The largest absolute Gasteiger partial charge is 0.396 e. The van der Waals surface area contributed by atoms with Crippen molar-refractivity contribution in [3.8, 4) is 0 Å². The molecule has 3 rings (SSSR count). The van der Waals surface area contributed by atoms with Gasteiger partial charge in [0, 0.05) is 18.1 Å². The quantitative estimate of drug-likeness (QED) is 0.737. The molecule has 116 valence electrons. The Bertz CT molecular complexity index is 628. The highest BCUT2D eigenvalue weighted by atomic mass is 32.2. The van der Waals surface area contributed by atoms with E-state index in [4.69, 9.17) is 5.11 Å². The zero-order valence-electron chi connectivity index (χ0n) is 12.4. The number of amides is 1. The molecule has 1 amide bonds. The van der Waals surface area contributed by atoms with Crippen LogP contribution in [0.2, 0.25) is 0 Å². The van der Waals surface area contributed by atoms with Gasteiger partial charge >= 0.3 is 0 Å². The Morgan fingerprint density at radius 1 is 1.36 bits per heavy atom. The van der Waals surface area contributed by atoms with E-state index < -0.39 is 0 Å². The number of fused-ring (bicyclic) bond motifs is 1. The molecular weight excluding hydrogens is 298 g/mol. The molecule has 0 spiro atoms. The third-order valence-electron chi connectivity index (χ3n) is 3.79. The molecule has 1 aromatic carbocycles. The van der Waals surface area contributed by atoms with Crippen LogP contribution in [-0.2, 0) is 4.79 Å². The Hall–Kier alpha value is -1.79. The molecule has 2 aliphatic heterocycles. The van der Waals surface area contributed by atoms with E-state index in [1.807, 2.05) is 25.1 Å². The second-order valence-electron chi connectivity index (χ2n) is 5.34. The van der Waals surface area contributed by atoms with E-state index in [1.54, 1.807) is 11.8 Å². The average molecular weight is 317 g/mol. The molecule has 1 aromatic rings. The van der Waals surface area contributed by atoms with Gasteiger partial charge in [0.2, 0.25) is 5.91 Å². The lowest BCUT2D eigenvalue weighted by atomic mass is 9.96. The summed E-state index contributed by atoms with van der Waals surface area (Å²) in [5, 5.41) is 14.6. The molecule has 6 heteroatoms. The molecule has 0 aliphatic carbocycles. The predicted octanol–water partition coefficient (Wildman–Crippen LogP) is 1.56. The maximum absolute atomic E-state index is 12.4. The molecule has 22 heavy (non-hydrogen) atoms. The molecule has 0 radical (unpaired) electrons. The van der Waals surface area contributed by atoms with Crippen LogP contribution >= 0.6 is 11.8 Å². The molecule has 0 aromatic heterocycles. The van der Waals surface area contributed by atoms with Gasteiger partial charge < -0.3 is 10.4 Å². The van der Waals surface area contributed by atoms with Crippen molar-refractivity contribution in [3.05, 3.63) is 41.5 Å².